The van der Waals surface area contributed by atoms with E-state index in [0.29, 0.717) is 0 Å². The van der Waals surface area contributed by atoms with Crippen LogP contribution in [0.15, 0.2) is 0 Å². The van der Waals surface area contributed by atoms with E-state index < -0.39 is 19.3 Å². The quantitative estimate of drug-likeness (QED) is 0.266. The second-order valence-electron chi connectivity index (χ2n) is 2.50. The zero-order chi connectivity index (χ0) is 11.7. The number of rotatable bonds is 6. The van der Waals surface area contributed by atoms with Gasteiger partial charge in [-0.25, -0.2) is 9.69 Å². The summed E-state index contributed by atoms with van der Waals surface area (Å²) in [5.74, 6) is -0.853. The smallest absolute Gasteiger partial charge is 1.00 e. The standard InChI is InChI=1S/C7H8BN3O4.Li.H/c9-3-1-2-6(4-10)7(5-11)14-15-8(12)13;;/h6-7,12-13H,1-2H2;;/q;+1;-1. The van der Waals surface area contributed by atoms with Gasteiger partial charge in [0.2, 0.25) is 0 Å². The molecular formula is C7H9BLiN3O4. The molecule has 0 rings (SSSR count). The summed E-state index contributed by atoms with van der Waals surface area (Å²) in [6.07, 6.45) is -1.01. The summed E-state index contributed by atoms with van der Waals surface area (Å²) in [5.41, 5.74) is 0. The van der Waals surface area contributed by atoms with Gasteiger partial charge in [-0.1, -0.05) is 0 Å². The monoisotopic (exact) mass is 217 g/mol. The maximum Gasteiger partial charge on any atom is 1.00 e. The van der Waals surface area contributed by atoms with Crippen LogP contribution in [-0.2, 0) is 9.69 Å². The molecule has 0 heterocycles. The Bertz CT molecular complexity index is 314. The maximum atomic E-state index is 8.65. The van der Waals surface area contributed by atoms with Crippen LogP contribution in [0.5, 0.6) is 0 Å². The molecule has 0 bridgehead atoms. The third kappa shape index (κ3) is 7.29. The first kappa shape index (κ1) is 17.4. The van der Waals surface area contributed by atoms with E-state index in [1.54, 1.807) is 12.1 Å². The van der Waals surface area contributed by atoms with Gasteiger partial charge in [-0.3, -0.25) is 0 Å². The minimum absolute atomic E-state index is 0. The Labute approximate surface area is 107 Å². The Morgan fingerprint density at radius 2 is 1.88 bits per heavy atom. The number of hydrogen-bond acceptors (Lipinski definition) is 7. The van der Waals surface area contributed by atoms with Gasteiger partial charge in [-0.15, -0.1) is 0 Å². The maximum absolute atomic E-state index is 8.65. The van der Waals surface area contributed by atoms with Gasteiger partial charge in [0.15, 0.2) is 6.10 Å². The van der Waals surface area contributed by atoms with Crippen LogP contribution in [0.25, 0.3) is 0 Å². The Hall–Kier alpha value is -1.03. The Balaban J connectivity index is -0.000000980. The van der Waals surface area contributed by atoms with Crippen LogP contribution in [0.1, 0.15) is 14.3 Å². The van der Waals surface area contributed by atoms with E-state index in [0.717, 1.165) is 0 Å². The molecule has 0 aromatic heterocycles. The van der Waals surface area contributed by atoms with E-state index in [4.69, 9.17) is 25.8 Å². The van der Waals surface area contributed by atoms with Crippen LogP contribution in [-0.4, -0.2) is 23.5 Å². The normalized spacial score (nSPS) is 12.2. The second kappa shape index (κ2) is 10.5. The van der Waals surface area contributed by atoms with E-state index in [-0.39, 0.29) is 33.1 Å². The van der Waals surface area contributed by atoms with Gasteiger partial charge < -0.3 is 11.5 Å². The van der Waals surface area contributed by atoms with Crippen molar-refractivity contribution >= 4 is 7.32 Å². The summed E-state index contributed by atoms with van der Waals surface area (Å²) in [6.45, 7) is 0. The number of nitrogens with zero attached hydrogens (tertiary/aromatic N) is 3. The molecule has 0 aliphatic carbocycles. The zero-order valence-electron chi connectivity index (χ0n) is 9.70. The second-order valence-corrected chi connectivity index (χ2v) is 2.50. The molecule has 0 aromatic carbocycles. The molecule has 0 radical (unpaired) electrons. The van der Waals surface area contributed by atoms with E-state index >= 15 is 0 Å². The van der Waals surface area contributed by atoms with E-state index in [2.05, 4.69) is 9.69 Å². The van der Waals surface area contributed by atoms with Crippen LogP contribution < -0.4 is 18.9 Å². The molecule has 0 aromatic rings. The van der Waals surface area contributed by atoms with Crippen molar-refractivity contribution in [2.45, 2.75) is 18.9 Å². The summed E-state index contributed by atoms with van der Waals surface area (Å²) >= 11 is 0. The third-order valence-electron chi connectivity index (χ3n) is 1.47. The van der Waals surface area contributed by atoms with Crippen molar-refractivity contribution in [1.29, 1.82) is 15.8 Å². The molecule has 0 aliphatic heterocycles. The molecule has 9 heteroatoms. The summed E-state index contributed by atoms with van der Waals surface area (Å²) in [4.78, 5) is 8.22. The SMILES string of the molecule is N#CCCC(C#N)C(C#N)OOB(O)O.[H-].[Li+]. The van der Waals surface area contributed by atoms with Crippen LogP contribution in [0.3, 0.4) is 0 Å². The van der Waals surface area contributed by atoms with Crippen molar-refractivity contribution < 1.29 is 40.0 Å². The minimum Gasteiger partial charge on any atom is -1.00 e. The van der Waals surface area contributed by atoms with Crippen molar-refractivity contribution in [3.63, 3.8) is 0 Å². The van der Waals surface area contributed by atoms with E-state index in [9.17, 15) is 0 Å². The predicted octanol–water partition coefficient (Wildman–Crippen LogP) is -3.64. The molecule has 16 heavy (non-hydrogen) atoms. The molecule has 0 fully saturated rings. The molecule has 7 nitrogen and oxygen atoms in total. The Morgan fingerprint density at radius 1 is 1.25 bits per heavy atom. The van der Waals surface area contributed by atoms with Gasteiger partial charge in [0.05, 0.1) is 24.1 Å². The fourth-order valence-electron chi connectivity index (χ4n) is 0.792. The van der Waals surface area contributed by atoms with Crippen molar-refractivity contribution in [2.75, 3.05) is 0 Å². The van der Waals surface area contributed by atoms with Crippen LogP contribution in [0, 0.1) is 39.9 Å². The van der Waals surface area contributed by atoms with Crippen LogP contribution in [0.2, 0.25) is 0 Å². The van der Waals surface area contributed by atoms with Gasteiger partial charge in [-0.2, -0.15) is 15.8 Å². The van der Waals surface area contributed by atoms with Crippen LogP contribution >= 0.6 is 0 Å². The minimum atomic E-state index is -2.17. The first-order valence-corrected chi connectivity index (χ1v) is 4.00. The zero-order valence-corrected chi connectivity index (χ0v) is 8.70. The molecule has 0 amide bonds. The average molecular weight is 217 g/mol. The molecule has 0 saturated heterocycles. The fourth-order valence-corrected chi connectivity index (χ4v) is 0.792. The number of nitriles is 3. The van der Waals surface area contributed by atoms with Crippen LogP contribution in [0.4, 0.5) is 0 Å². The average Bonchev–Trinajstić information content (AvgIpc) is 2.22. The van der Waals surface area contributed by atoms with E-state index in [1.807, 2.05) is 6.07 Å². The molecular weight excluding hydrogens is 208 g/mol. The largest absolute Gasteiger partial charge is 1.00 e. The van der Waals surface area contributed by atoms with Crippen molar-refractivity contribution in [1.82, 2.24) is 0 Å². The predicted molar refractivity (Wildman–Crippen MR) is 46.8 cm³/mol. The molecule has 2 atom stereocenters. The van der Waals surface area contributed by atoms with Crippen molar-refractivity contribution in [3.05, 3.63) is 0 Å². The Kier molecular flexibility index (Phi) is 11.4. The first-order valence-electron chi connectivity index (χ1n) is 4.00. The van der Waals surface area contributed by atoms with Crippen molar-refractivity contribution in [2.24, 2.45) is 5.92 Å². The molecule has 2 unspecified atom stereocenters. The van der Waals surface area contributed by atoms with Gasteiger partial charge in [0, 0.05) is 6.42 Å². The summed E-state index contributed by atoms with van der Waals surface area (Å²) in [7, 11) is -2.17. The molecule has 0 spiro atoms. The third-order valence-corrected chi connectivity index (χ3v) is 1.47. The van der Waals surface area contributed by atoms with Gasteiger partial charge >= 0.3 is 26.2 Å². The van der Waals surface area contributed by atoms with Gasteiger partial charge in [0.1, 0.15) is 0 Å². The summed E-state index contributed by atoms with van der Waals surface area (Å²) < 4.78 is 0. The topological polar surface area (TPSA) is 130 Å². The van der Waals surface area contributed by atoms with Crippen molar-refractivity contribution in [3.8, 4) is 18.2 Å². The molecule has 0 aliphatic rings. The summed E-state index contributed by atoms with van der Waals surface area (Å²) in [6, 6.07) is 5.21. The fraction of sp³-hybridized carbons (Fsp3) is 0.571. The van der Waals surface area contributed by atoms with Gasteiger partial charge in [0.25, 0.3) is 0 Å². The summed E-state index contributed by atoms with van der Waals surface area (Å²) in [5, 5.41) is 42.1. The first-order chi connectivity index (χ1) is 7.15. The molecule has 80 valence electrons. The van der Waals surface area contributed by atoms with Gasteiger partial charge in [-0.05, 0) is 6.42 Å². The number of hydrogen-bond donors (Lipinski definition) is 2. The Morgan fingerprint density at radius 3 is 2.25 bits per heavy atom. The molecule has 2 N–H and O–H groups in total. The molecule has 0 saturated carbocycles. The van der Waals surface area contributed by atoms with E-state index in [1.165, 1.54) is 0 Å².